The second-order valence-corrected chi connectivity index (χ2v) is 11.4. The summed E-state index contributed by atoms with van der Waals surface area (Å²) < 4.78 is 16.5. The molecular weight excluding hydrogens is 570 g/mol. The van der Waals surface area contributed by atoms with Crippen molar-refractivity contribution < 1.29 is 33.4 Å². The minimum absolute atomic E-state index is 0.296. The largest absolute Gasteiger partial charge is 0.497 e. The molecular formula is C37H29NO7. The van der Waals surface area contributed by atoms with Crippen LogP contribution in [0.15, 0.2) is 97.1 Å². The van der Waals surface area contributed by atoms with E-state index in [4.69, 9.17) is 14.2 Å². The lowest BCUT2D eigenvalue weighted by Gasteiger charge is -2.37. The molecule has 4 aromatic rings. The molecule has 7 rings (SSSR count). The summed E-state index contributed by atoms with van der Waals surface area (Å²) in [6, 6.07) is 24.3. The van der Waals surface area contributed by atoms with Gasteiger partial charge in [0.1, 0.15) is 28.7 Å². The molecule has 45 heavy (non-hydrogen) atoms. The number of hydrogen-bond acceptors (Lipinski definition) is 8. The van der Waals surface area contributed by atoms with Crippen LogP contribution >= 0.6 is 0 Å². The van der Waals surface area contributed by atoms with Crippen LogP contribution in [0.2, 0.25) is 0 Å². The minimum Gasteiger partial charge on any atom is -0.497 e. The van der Waals surface area contributed by atoms with E-state index in [1.165, 1.54) is 14.0 Å². The third-order valence-electron chi connectivity index (χ3n) is 9.16. The molecule has 4 aromatic carbocycles. The van der Waals surface area contributed by atoms with E-state index in [1.807, 2.05) is 41.3 Å². The standard InChI is InChI=1S/C37H29NO7/c1-21(39)45-24-15-12-23(13-16-24)34(40)33-32(28-18-17-25(43-2)20-30(28)44-3)37(35(41)26-9-5-6-10-27(26)36(37)42)31-19-14-22-8-4-7-11-29(22)38(31)33/h4-20,31-33H,1-3H3/t31-,32+,33+/m0/s1. The van der Waals surface area contributed by atoms with E-state index in [2.05, 4.69) is 0 Å². The Morgan fingerprint density at radius 2 is 1.42 bits per heavy atom. The third-order valence-corrected chi connectivity index (χ3v) is 9.16. The number of methoxy groups -OCH3 is 2. The monoisotopic (exact) mass is 599 g/mol. The van der Waals surface area contributed by atoms with Crippen molar-refractivity contribution in [1.82, 2.24) is 0 Å². The number of ketones is 3. The zero-order valence-electron chi connectivity index (χ0n) is 24.9. The number of carbonyl (C=O) groups is 4. The van der Waals surface area contributed by atoms with Crippen LogP contribution in [0, 0.1) is 5.41 Å². The summed E-state index contributed by atoms with van der Waals surface area (Å²) in [6.07, 6.45) is 3.80. The molecule has 0 N–H and O–H groups in total. The van der Waals surface area contributed by atoms with Crippen LogP contribution in [-0.4, -0.2) is 49.6 Å². The van der Waals surface area contributed by atoms with Gasteiger partial charge in [-0.15, -0.1) is 0 Å². The lowest BCUT2D eigenvalue weighted by Crippen LogP contribution is -2.48. The molecule has 0 bridgehead atoms. The summed E-state index contributed by atoms with van der Waals surface area (Å²) in [5, 5.41) is 0. The van der Waals surface area contributed by atoms with Gasteiger partial charge in [-0.3, -0.25) is 19.2 Å². The Kier molecular flexibility index (Phi) is 6.66. The molecule has 0 unspecified atom stereocenters. The summed E-state index contributed by atoms with van der Waals surface area (Å²) in [5.41, 5.74) is 1.50. The van der Waals surface area contributed by atoms with Crippen molar-refractivity contribution in [2.45, 2.75) is 24.9 Å². The van der Waals surface area contributed by atoms with Gasteiger partial charge in [-0.2, -0.15) is 0 Å². The molecule has 8 heteroatoms. The fraction of sp³-hybridized carbons (Fsp3) is 0.189. The number of rotatable bonds is 6. The van der Waals surface area contributed by atoms with Crippen LogP contribution in [0.25, 0.3) is 6.08 Å². The van der Waals surface area contributed by atoms with E-state index in [9.17, 15) is 19.2 Å². The van der Waals surface area contributed by atoms with Crippen molar-refractivity contribution in [2.75, 3.05) is 19.1 Å². The van der Waals surface area contributed by atoms with Gasteiger partial charge in [0.15, 0.2) is 17.3 Å². The second kappa shape index (κ2) is 10.6. The Hall–Kier alpha value is -5.50. The highest BCUT2D eigenvalue weighted by Gasteiger charge is 2.72. The summed E-state index contributed by atoms with van der Waals surface area (Å²) in [7, 11) is 3.06. The van der Waals surface area contributed by atoms with Crippen LogP contribution in [0.3, 0.4) is 0 Å². The molecule has 1 spiro atoms. The van der Waals surface area contributed by atoms with E-state index >= 15 is 0 Å². The molecule has 2 aliphatic heterocycles. The molecule has 0 amide bonds. The van der Waals surface area contributed by atoms with Crippen LogP contribution in [0.4, 0.5) is 5.69 Å². The fourth-order valence-corrected chi connectivity index (χ4v) is 7.36. The number of benzene rings is 4. The topological polar surface area (TPSA) is 99.2 Å². The molecule has 2 heterocycles. The van der Waals surface area contributed by atoms with Crippen molar-refractivity contribution in [3.05, 3.63) is 125 Å². The summed E-state index contributed by atoms with van der Waals surface area (Å²) >= 11 is 0. The third kappa shape index (κ3) is 4.05. The Morgan fingerprint density at radius 1 is 0.778 bits per heavy atom. The molecule has 224 valence electrons. The molecule has 8 nitrogen and oxygen atoms in total. The normalized spacial score (nSPS) is 20.4. The highest BCUT2D eigenvalue weighted by molar-refractivity contribution is 6.32. The smallest absolute Gasteiger partial charge is 0.308 e. The lowest BCUT2D eigenvalue weighted by molar-refractivity contribution is -0.131. The maximum Gasteiger partial charge on any atom is 0.308 e. The van der Waals surface area contributed by atoms with Crippen molar-refractivity contribution in [2.24, 2.45) is 5.41 Å². The number of hydrogen-bond donors (Lipinski definition) is 0. The molecule has 1 saturated heterocycles. The highest BCUT2D eigenvalue weighted by atomic mass is 16.5. The average Bonchev–Trinajstić information content (AvgIpc) is 3.50. The van der Waals surface area contributed by atoms with Crippen molar-refractivity contribution in [1.29, 1.82) is 0 Å². The first-order valence-electron chi connectivity index (χ1n) is 14.6. The summed E-state index contributed by atoms with van der Waals surface area (Å²) in [4.78, 5) is 58.1. The fourth-order valence-electron chi connectivity index (χ4n) is 7.36. The van der Waals surface area contributed by atoms with Crippen molar-refractivity contribution >= 4 is 35.1 Å². The van der Waals surface area contributed by atoms with Gasteiger partial charge in [0.2, 0.25) is 0 Å². The zero-order valence-corrected chi connectivity index (χ0v) is 24.9. The number of para-hydroxylation sites is 1. The molecule has 1 aliphatic carbocycles. The van der Waals surface area contributed by atoms with E-state index in [-0.39, 0.29) is 17.3 Å². The zero-order chi connectivity index (χ0) is 31.5. The van der Waals surface area contributed by atoms with Crippen LogP contribution in [-0.2, 0) is 4.79 Å². The van der Waals surface area contributed by atoms with E-state index in [0.717, 1.165) is 11.3 Å². The number of carbonyl (C=O) groups excluding carboxylic acids is 4. The molecule has 0 radical (unpaired) electrons. The minimum atomic E-state index is -1.67. The molecule has 1 fully saturated rings. The summed E-state index contributed by atoms with van der Waals surface area (Å²) in [5.74, 6) is -1.15. The van der Waals surface area contributed by atoms with Gasteiger partial charge in [0, 0.05) is 46.8 Å². The number of anilines is 1. The maximum absolute atomic E-state index is 14.9. The number of nitrogens with zero attached hydrogens (tertiary/aromatic N) is 1. The molecule has 3 aliphatic rings. The Balaban J connectivity index is 1.52. The number of fused-ring (bicyclic) bond motifs is 5. The molecule has 0 aromatic heterocycles. The quantitative estimate of drug-likeness (QED) is 0.116. The molecule has 0 saturated carbocycles. The maximum atomic E-state index is 14.9. The first-order valence-corrected chi connectivity index (χ1v) is 14.6. The van der Waals surface area contributed by atoms with Gasteiger partial charge in [-0.1, -0.05) is 60.7 Å². The number of esters is 1. The van der Waals surface area contributed by atoms with Crippen LogP contribution in [0.5, 0.6) is 17.2 Å². The van der Waals surface area contributed by atoms with Crippen molar-refractivity contribution in [3.63, 3.8) is 0 Å². The average molecular weight is 600 g/mol. The van der Waals surface area contributed by atoms with Gasteiger partial charge in [-0.25, -0.2) is 0 Å². The Bertz CT molecular complexity index is 1890. The van der Waals surface area contributed by atoms with Crippen molar-refractivity contribution in [3.8, 4) is 17.2 Å². The van der Waals surface area contributed by atoms with Gasteiger partial charge < -0.3 is 19.1 Å². The van der Waals surface area contributed by atoms with Crippen LogP contribution < -0.4 is 19.1 Å². The number of ether oxygens (including phenoxy) is 3. The molecule has 3 atom stereocenters. The Labute approximate surface area is 259 Å². The Morgan fingerprint density at radius 3 is 2.07 bits per heavy atom. The van der Waals surface area contributed by atoms with Gasteiger partial charge in [0.25, 0.3) is 0 Å². The van der Waals surface area contributed by atoms with E-state index in [1.54, 1.807) is 73.8 Å². The predicted octanol–water partition coefficient (Wildman–Crippen LogP) is 5.95. The van der Waals surface area contributed by atoms with E-state index in [0.29, 0.717) is 39.5 Å². The summed E-state index contributed by atoms with van der Waals surface area (Å²) in [6.45, 7) is 1.30. The lowest BCUT2D eigenvalue weighted by atomic mass is 9.64. The van der Waals surface area contributed by atoms with Gasteiger partial charge >= 0.3 is 5.97 Å². The number of Topliss-reactive ketones (excluding diaryl/α,β-unsaturated/α-hetero) is 3. The predicted molar refractivity (Wildman–Crippen MR) is 167 cm³/mol. The highest BCUT2D eigenvalue weighted by Crippen LogP contribution is 2.62. The van der Waals surface area contributed by atoms with E-state index < -0.39 is 29.4 Å². The van der Waals surface area contributed by atoms with Gasteiger partial charge in [-0.05, 0) is 42.0 Å². The SMILES string of the molecule is COc1ccc([C@@H]2[C@H](C(=O)c3ccc(OC(C)=O)cc3)N3c4ccccc4C=C[C@H]3C23C(=O)c2ccccc2C3=O)c(OC)c1. The van der Waals surface area contributed by atoms with Crippen LogP contribution in [0.1, 0.15) is 55.0 Å². The first-order chi connectivity index (χ1) is 21.8. The van der Waals surface area contributed by atoms with Gasteiger partial charge in [0.05, 0.1) is 20.3 Å². The second-order valence-electron chi connectivity index (χ2n) is 11.4. The first kappa shape index (κ1) is 28.3.